The van der Waals surface area contributed by atoms with Crippen LogP contribution in [0.25, 0.3) is 0 Å². The van der Waals surface area contributed by atoms with E-state index in [1.807, 2.05) is 19.2 Å². The Morgan fingerprint density at radius 3 is 2.67 bits per heavy atom. The van der Waals surface area contributed by atoms with Crippen LogP contribution in [0.15, 0.2) is 12.1 Å². The van der Waals surface area contributed by atoms with Gasteiger partial charge in [-0.05, 0) is 31.4 Å². The van der Waals surface area contributed by atoms with Crippen molar-refractivity contribution >= 4 is 34.7 Å². The molecule has 5 heteroatoms. The fraction of sp³-hybridized carbons (Fsp3) is 0.500. The molecule has 2 rings (SSSR count). The first-order chi connectivity index (χ1) is 6.79. The Morgan fingerprint density at radius 1 is 1.47 bits per heavy atom. The number of rotatable bonds is 3. The quantitative estimate of drug-likeness (QED) is 0.861. The Morgan fingerprint density at radius 2 is 2.20 bits per heavy atom. The summed E-state index contributed by atoms with van der Waals surface area (Å²) in [5, 5.41) is 7.07. The second kappa shape index (κ2) is 5.37. The van der Waals surface area contributed by atoms with Crippen LogP contribution in [-0.2, 0) is 0 Å². The third kappa shape index (κ3) is 2.86. The summed E-state index contributed by atoms with van der Waals surface area (Å²) >= 11 is 1.49. The van der Waals surface area contributed by atoms with Gasteiger partial charge in [-0.15, -0.1) is 23.7 Å². The van der Waals surface area contributed by atoms with Gasteiger partial charge in [0.15, 0.2) is 0 Å². The van der Waals surface area contributed by atoms with Gasteiger partial charge in [0.1, 0.15) is 0 Å². The summed E-state index contributed by atoms with van der Waals surface area (Å²) in [6, 6.07) is 4.22. The molecule has 1 aliphatic rings. The van der Waals surface area contributed by atoms with E-state index in [9.17, 15) is 4.79 Å². The monoisotopic (exact) mass is 246 g/mol. The van der Waals surface area contributed by atoms with Gasteiger partial charge in [0.05, 0.1) is 9.88 Å². The van der Waals surface area contributed by atoms with Gasteiger partial charge in [0.2, 0.25) is 0 Å². The molecule has 1 aromatic rings. The smallest absolute Gasteiger partial charge is 0.261 e. The van der Waals surface area contributed by atoms with E-state index in [2.05, 4.69) is 10.6 Å². The predicted octanol–water partition coefficient (Wildman–Crippen LogP) is 2.49. The van der Waals surface area contributed by atoms with Crippen molar-refractivity contribution in [2.24, 2.45) is 0 Å². The van der Waals surface area contributed by atoms with Crippen molar-refractivity contribution in [3.8, 4) is 0 Å². The minimum absolute atomic E-state index is 0. The Labute approximate surface area is 99.7 Å². The van der Waals surface area contributed by atoms with Crippen molar-refractivity contribution in [1.82, 2.24) is 5.32 Å². The molecule has 0 spiro atoms. The highest BCUT2D eigenvalue weighted by molar-refractivity contribution is 7.17. The summed E-state index contributed by atoms with van der Waals surface area (Å²) in [7, 11) is 1.86. The molecule has 1 fully saturated rings. The van der Waals surface area contributed by atoms with Crippen LogP contribution in [0.4, 0.5) is 5.00 Å². The maximum absolute atomic E-state index is 11.6. The Hall–Kier alpha value is -0.740. The first-order valence-corrected chi connectivity index (χ1v) is 5.69. The molecule has 1 saturated carbocycles. The van der Waals surface area contributed by atoms with Crippen LogP contribution < -0.4 is 10.6 Å². The van der Waals surface area contributed by atoms with Gasteiger partial charge >= 0.3 is 0 Å². The Balaban J connectivity index is 0.00000112. The lowest BCUT2D eigenvalue weighted by Gasteiger charge is -2.25. The van der Waals surface area contributed by atoms with Crippen LogP contribution in [-0.4, -0.2) is 19.0 Å². The van der Waals surface area contributed by atoms with E-state index in [4.69, 9.17) is 0 Å². The standard InChI is InChI=1S/C10H14N2OS.ClH/c1-11-9-6-5-8(14-9)10(13)12-7-3-2-4-7;/h5-7,11H,2-4H2,1H3,(H,12,13);1H. The van der Waals surface area contributed by atoms with Gasteiger partial charge in [0, 0.05) is 13.1 Å². The van der Waals surface area contributed by atoms with Gasteiger partial charge in [-0.25, -0.2) is 0 Å². The summed E-state index contributed by atoms with van der Waals surface area (Å²) in [4.78, 5) is 12.4. The van der Waals surface area contributed by atoms with Crippen LogP contribution in [0.1, 0.15) is 28.9 Å². The summed E-state index contributed by atoms with van der Waals surface area (Å²) in [5.41, 5.74) is 0. The number of carbonyl (C=O) groups excluding carboxylic acids is 1. The highest BCUT2D eigenvalue weighted by Crippen LogP contribution is 2.23. The lowest BCUT2D eigenvalue weighted by molar-refractivity contribution is 0.0921. The maximum atomic E-state index is 11.6. The van der Waals surface area contributed by atoms with Gasteiger partial charge in [0.25, 0.3) is 5.91 Å². The van der Waals surface area contributed by atoms with Crippen molar-refractivity contribution in [2.45, 2.75) is 25.3 Å². The van der Waals surface area contributed by atoms with Gasteiger partial charge in [-0.2, -0.15) is 0 Å². The van der Waals surface area contributed by atoms with Crippen molar-refractivity contribution in [2.75, 3.05) is 12.4 Å². The third-order valence-electron chi connectivity index (χ3n) is 2.52. The molecule has 1 aromatic heterocycles. The van der Waals surface area contributed by atoms with Crippen LogP contribution >= 0.6 is 23.7 Å². The van der Waals surface area contributed by atoms with E-state index in [1.54, 1.807) is 0 Å². The number of anilines is 1. The lowest BCUT2D eigenvalue weighted by atomic mass is 9.93. The average Bonchev–Trinajstić information content (AvgIpc) is 2.59. The second-order valence-corrected chi connectivity index (χ2v) is 4.60. The van der Waals surface area contributed by atoms with Crippen molar-refractivity contribution in [3.63, 3.8) is 0 Å². The Bertz CT molecular complexity index is 336. The van der Waals surface area contributed by atoms with Crippen LogP contribution in [0.3, 0.4) is 0 Å². The summed E-state index contributed by atoms with van der Waals surface area (Å²) in [6.45, 7) is 0. The topological polar surface area (TPSA) is 41.1 Å². The first kappa shape index (κ1) is 12.3. The van der Waals surface area contributed by atoms with Crippen molar-refractivity contribution < 1.29 is 4.79 Å². The molecule has 0 aliphatic heterocycles. The highest BCUT2D eigenvalue weighted by atomic mass is 35.5. The number of amides is 1. The molecule has 0 saturated heterocycles. The molecule has 15 heavy (non-hydrogen) atoms. The third-order valence-corrected chi connectivity index (χ3v) is 3.62. The molecule has 0 aromatic carbocycles. The number of thiophene rings is 1. The summed E-state index contributed by atoms with van der Waals surface area (Å²) < 4.78 is 0. The average molecular weight is 247 g/mol. The minimum Gasteiger partial charge on any atom is -0.380 e. The largest absolute Gasteiger partial charge is 0.380 e. The zero-order valence-electron chi connectivity index (χ0n) is 8.58. The molecular formula is C10H15ClN2OS. The molecule has 1 aliphatic carbocycles. The molecule has 1 amide bonds. The van der Waals surface area contributed by atoms with Gasteiger partial charge in [-0.1, -0.05) is 0 Å². The van der Waals surface area contributed by atoms with Crippen molar-refractivity contribution in [3.05, 3.63) is 17.0 Å². The fourth-order valence-corrected chi connectivity index (χ4v) is 2.17. The number of hydrogen-bond acceptors (Lipinski definition) is 3. The first-order valence-electron chi connectivity index (χ1n) is 4.88. The van der Waals surface area contributed by atoms with E-state index < -0.39 is 0 Å². The fourth-order valence-electron chi connectivity index (χ4n) is 1.40. The van der Waals surface area contributed by atoms with Gasteiger partial charge in [-0.3, -0.25) is 4.79 Å². The number of halogens is 1. The molecule has 84 valence electrons. The molecule has 3 nitrogen and oxygen atoms in total. The highest BCUT2D eigenvalue weighted by Gasteiger charge is 2.20. The van der Waals surface area contributed by atoms with E-state index in [0.29, 0.717) is 6.04 Å². The number of hydrogen-bond donors (Lipinski definition) is 2. The maximum Gasteiger partial charge on any atom is 0.261 e. The molecule has 2 N–H and O–H groups in total. The molecule has 0 radical (unpaired) electrons. The molecule has 1 heterocycles. The normalized spacial score (nSPS) is 15.0. The van der Waals surface area contributed by atoms with Gasteiger partial charge < -0.3 is 10.6 Å². The number of carbonyl (C=O) groups is 1. The van der Waals surface area contributed by atoms with E-state index in [0.717, 1.165) is 22.7 Å². The summed E-state index contributed by atoms with van der Waals surface area (Å²) in [6.07, 6.45) is 3.52. The van der Waals surface area contributed by atoms with Crippen molar-refractivity contribution in [1.29, 1.82) is 0 Å². The van der Waals surface area contributed by atoms with E-state index >= 15 is 0 Å². The zero-order valence-corrected chi connectivity index (χ0v) is 10.2. The lowest BCUT2D eigenvalue weighted by Crippen LogP contribution is -2.39. The molecule has 0 unspecified atom stereocenters. The second-order valence-electron chi connectivity index (χ2n) is 3.52. The SMILES string of the molecule is CNc1ccc(C(=O)NC2CCC2)s1.Cl. The zero-order chi connectivity index (χ0) is 9.97. The van der Waals surface area contributed by atoms with Crippen LogP contribution in [0.2, 0.25) is 0 Å². The number of nitrogens with one attached hydrogen (secondary N) is 2. The summed E-state index contributed by atoms with van der Waals surface area (Å²) in [5.74, 6) is 0.0706. The predicted molar refractivity (Wildman–Crippen MR) is 66.2 cm³/mol. The molecule has 0 atom stereocenters. The van der Waals surface area contributed by atoms with Crippen LogP contribution in [0, 0.1) is 0 Å². The molecular weight excluding hydrogens is 232 g/mol. The van der Waals surface area contributed by atoms with E-state index in [-0.39, 0.29) is 18.3 Å². The minimum atomic E-state index is 0. The molecule has 0 bridgehead atoms. The van der Waals surface area contributed by atoms with E-state index in [1.165, 1.54) is 17.8 Å². The van der Waals surface area contributed by atoms with Crippen LogP contribution in [0.5, 0.6) is 0 Å². The Kier molecular flexibility index (Phi) is 4.42.